The number of benzene rings is 3. The Balaban J connectivity index is 1.53. The number of methoxy groups -OCH3 is 1. The molecule has 0 unspecified atom stereocenters. The number of hydrogen-bond acceptors (Lipinski definition) is 8. The van der Waals surface area contributed by atoms with Gasteiger partial charge in [-0.2, -0.15) is 0 Å². The molecule has 1 amide bonds. The number of carbonyl (C=O) groups is 1. The SMILES string of the molecule is COc1ccc(S(=O)(=O)N(CC(=O)Nc2ccc(S(=O)(=O)Nc3nccc(C)n3)cc2)c2ccc(C)cc2)cc1. The van der Waals surface area contributed by atoms with Crippen LogP contribution >= 0.6 is 0 Å². The maximum Gasteiger partial charge on any atom is 0.264 e. The molecule has 0 saturated carbocycles. The van der Waals surface area contributed by atoms with Crippen LogP contribution in [0, 0.1) is 13.8 Å². The molecule has 2 N–H and O–H groups in total. The van der Waals surface area contributed by atoms with Gasteiger partial charge in [0, 0.05) is 17.6 Å². The lowest BCUT2D eigenvalue weighted by atomic mass is 10.2. The van der Waals surface area contributed by atoms with E-state index in [4.69, 9.17) is 4.74 Å². The van der Waals surface area contributed by atoms with Crippen LogP contribution in [0.15, 0.2) is 94.9 Å². The van der Waals surface area contributed by atoms with Gasteiger partial charge in [-0.15, -0.1) is 0 Å². The highest BCUT2D eigenvalue weighted by atomic mass is 32.2. The van der Waals surface area contributed by atoms with Gasteiger partial charge in [-0.25, -0.2) is 31.5 Å². The van der Waals surface area contributed by atoms with E-state index >= 15 is 0 Å². The fourth-order valence-corrected chi connectivity index (χ4v) is 6.00. The second-order valence-electron chi connectivity index (χ2n) is 8.72. The number of ether oxygens (including phenoxy) is 1. The van der Waals surface area contributed by atoms with Crippen LogP contribution in [0.25, 0.3) is 0 Å². The fraction of sp³-hybridized carbons (Fsp3) is 0.148. The number of nitrogens with one attached hydrogen (secondary N) is 2. The van der Waals surface area contributed by atoms with E-state index in [1.807, 2.05) is 6.92 Å². The first-order chi connectivity index (χ1) is 19.0. The predicted octanol–water partition coefficient (Wildman–Crippen LogP) is 3.74. The number of hydrogen-bond donors (Lipinski definition) is 2. The van der Waals surface area contributed by atoms with Crippen molar-refractivity contribution in [3.63, 3.8) is 0 Å². The molecule has 0 aliphatic rings. The highest BCUT2D eigenvalue weighted by Gasteiger charge is 2.27. The molecule has 40 heavy (non-hydrogen) atoms. The molecule has 0 radical (unpaired) electrons. The third kappa shape index (κ3) is 6.74. The van der Waals surface area contributed by atoms with Gasteiger partial charge in [-0.1, -0.05) is 17.7 Å². The fourth-order valence-electron chi connectivity index (χ4n) is 3.63. The number of aromatic nitrogens is 2. The van der Waals surface area contributed by atoms with Gasteiger partial charge in [-0.3, -0.25) is 9.10 Å². The molecular weight excluding hydrogens is 554 g/mol. The Labute approximate surface area is 233 Å². The van der Waals surface area contributed by atoms with Crippen molar-refractivity contribution in [1.29, 1.82) is 0 Å². The number of sulfonamides is 2. The van der Waals surface area contributed by atoms with Gasteiger partial charge in [0.15, 0.2) is 0 Å². The quantitative estimate of drug-likeness (QED) is 0.288. The van der Waals surface area contributed by atoms with E-state index in [-0.39, 0.29) is 21.4 Å². The Morgan fingerprint density at radius 2 is 1.48 bits per heavy atom. The first kappa shape index (κ1) is 28.5. The van der Waals surface area contributed by atoms with Gasteiger partial charge in [0.2, 0.25) is 11.9 Å². The summed E-state index contributed by atoms with van der Waals surface area (Å²) in [5.41, 5.74) is 2.11. The van der Waals surface area contributed by atoms with Crippen molar-refractivity contribution in [1.82, 2.24) is 9.97 Å². The van der Waals surface area contributed by atoms with E-state index in [1.54, 1.807) is 37.3 Å². The molecule has 0 fully saturated rings. The van der Waals surface area contributed by atoms with Crippen LogP contribution < -0.4 is 19.1 Å². The molecule has 13 heteroatoms. The summed E-state index contributed by atoms with van der Waals surface area (Å²) in [6.45, 7) is 3.05. The lowest BCUT2D eigenvalue weighted by Gasteiger charge is -2.24. The average molecular weight is 582 g/mol. The molecule has 0 spiro atoms. The van der Waals surface area contributed by atoms with E-state index in [2.05, 4.69) is 20.0 Å². The van der Waals surface area contributed by atoms with Gasteiger partial charge < -0.3 is 10.1 Å². The summed E-state index contributed by atoms with van der Waals surface area (Å²) in [5, 5.41) is 2.63. The standard InChI is InChI=1S/C27H27N5O6S2/c1-19-4-8-22(9-5-19)32(40(36,37)25-14-10-23(38-3)11-15-25)18-26(33)30-21-6-12-24(13-7-21)39(34,35)31-27-28-17-16-20(2)29-27/h4-17H,18H2,1-3H3,(H,30,33)(H,28,29,31). The van der Waals surface area contributed by atoms with Crippen molar-refractivity contribution >= 4 is 43.3 Å². The molecule has 0 saturated heterocycles. The lowest BCUT2D eigenvalue weighted by Crippen LogP contribution is -2.38. The summed E-state index contributed by atoms with van der Waals surface area (Å²) in [6.07, 6.45) is 1.44. The number of anilines is 3. The summed E-state index contributed by atoms with van der Waals surface area (Å²) in [7, 11) is -6.62. The van der Waals surface area contributed by atoms with Crippen LogP contribution in [0.3, 0.4) is 0 Å². The predicted molar refractivity (Wildman–Crippen MR) is 151 cm³/mol. The van der Waals surface area contributed by atoms with Crippen molar-refractivity contribution in [2.45, 2.75) is 23.6 Å². The first-order valence-electron chi connectivity index (χ1n) is 11.9. The van der Waals surface area contributed by atoms with E-state index < -0.39 is 32.5 Å². The first-order valence-corrected chi connectivity index (χ1v) is 14.9. The number of carbonyl (C=O) groups excluding carboxylic acids is 1. The molecule has 0 bridgehead atoms. The Bertz CT molecular complexity index is 1710. The minimum atomic E-state index is -4.12. The van der Waals surface area contributed by atoms with Crippen molar-refractivity contribution in [2.75, 3.05) is 28.0 Å². The minimum absolute atomic E-state index is 0.0127. The van der Waals surface area contributed by atoms with Crippen LogP contribution in [-0.4, -0.2) is 46.4 Å². The summed E-state index contributed by atoms with van der Waals surface area (Å²) in [6, 6.07) is 19.6. The second-order valence-corrected chi connectivity index (χ2v) is 12.3. The molecule has 4 rings (SSSR count). The number of nitrogens with zero attached hydrogens (tertiary/aromatic N) is 3. The zero-order chi connectivity index (χ0) is 28.9. The van der Waals surface area contributed by atoms with Gasteiger partial charge >= 0.3 is 0 Å². The summed E-state index contributed by atoms with van der Waals surface area (Å²) in [5.74, 6) is -0.197. The molecule has 0 aliphatic heterocycles. The molecule has 0 atom stereocenters. The molecule has 11 nitrogen and oxygen atoms in total. The van der Waals surface area contributed by atoms with Gasteiger partial charge in [0.1, 0.15) is 12.3 Å². The highest BCUT2D eigenvalue weighted by Crippen LogP contribution is 2.26. The maximum absolute atomic E-state index is 13.6. The molecule has 3 aromatic carbocycles. The Morgan fingerprint density at radius 3 is 2.08 bits per heavy atom. The number of amides is 1. The van der Waals surface area contributed by atoms with E-state index in [9.17, 15) is 21.6 Å². The van der Waals surface area contributed by atoms with Crippen molar-refractivity contribution in [3.8, 4) is 5.75 Å². The lowest BCUT2D eigenvalue weighted by molar-refractivity contribution is -0.114. The smallest absolute Gasteiger partial charge is 0.264 e. The monoisotopic (exact) mass is 581 g/mol. The van der Waals surface area contributed by atoms with E-state index in [0.717, 1.165) is 9.87 Å². The van der Waals surface area contributed by atoms with Crippen LogP contribution in [0.2, 0.25) is 0 Å². The summed E-state index contributed by atoms with van der Waals surface area (Å²) >= 11 is 0. The minimum Gasteiger partial charge on any atom is -0.497 e. The van der Waals surface area contributed by atoms with Crippen molar-refractivity contribution < 1.29 is 26.4 Å². The zero-order valence-corrected chi connectivity index (χ0v) is 23.5. The largest absolute Gasteiger partial charge is 0.497 e. The Morgan fingerprint density at radius 1 is 0.850 bits per heavy atom. The zero-order valence-electron chi connectivity index (χ0n) is 21.9. The van der Waals surface area contributed by atoms with Crippen LogP contribution in [0.4, 0.5) is 17.3 Å². The molecule has 4 aromatic rings. The Hall–Kier alpha value is -4.49. The summed E-state index contributed by atoms with van der Waals surface area (Å²) < 4.78 is 60.9. The molecule has 1 aromatic heterocycles. The number of rotatable bonds is 10. The van der Waals surface area contributed by atoms with Crippen molar-refractivity contribution in [2.24, 2.45) is 0 Å². The maximum atomic E-state index is 13.6. The third-order valence-corrected chi connectivity index (χ3v) is 8.86. The second kappa shape index (κ2) is 11.7. The van der Waals surface area contributed by atoms with Gasteiger partial charge in [0.25, 0.3) is 20.0 Å². The van der Waals surface area contributed by atoms with Crippen LogP contribution in [0.5, 0.6) is 5.75 Å². The molecular formula is C27H27N5O6S2. The Kier molecular flexibility index (Phi) is 8.35. The van der Waals surface area contributed by atoms with Crippen LogP contribution in [0.1, 0.15) is 11.3 Å². The summed E-state index contributed by atoms with van der Waals surface area (Å²) in [4.78, 5) is 20.9. The van der Waals surface area contributed by atoms with E-state index in [0.29, 0.717) is 17.1 Å². The van der Waals surface area contributed by atoms with Crippen LogP contribution in [-0.2, 0) is 24.8 Å². The molecule has 1 heterocycles. The normalized spacial score (nSPS) is 11.5. The molecule has 0 aliphatic carbocycles. The number of aryl methyl sites for hydroxylation is 2. The molecule has 208 valence electrons. The van der Waals surface area contributed by atoms with Crippen molar-refractivity contribution in [3.05, 3.63) is 96.3 Å². The van der Waals surface area contributed by atoms with Gasteiger partial charge in [-0.05, 0) is 80.6 Å². The highest BCUT2D eigenvalue weighted by molar-refractivity contribution is 7.93. The topological polar surface area (TPSA) is 148 Å². The van der Waals surface area contributed by atoms with Gasteiger partial charge in [0.05, 0.1) is 22.6 Å². The third-order valence-electron chi connectivity index (χ3n) is 5.73. The average Bonchev–Trinajstić information content (AvgIpc) is 2.92. The van der Waals surface area contributed by atoms with E-state index in [1.165, 1.54) is 61.8 Å².